The molecule has 1 atom stereocenters. The van der Waals surface area contributed by atoms with Gasteiger partial charge in [0.05, 0.1) is 10.3 Å². The molecule has 26 heavy (non-hydrogen) atoms. The SMILES string of the molecule is CCc1ccc(C(=O)C(C)Sc2nnc(-c3ccccc3Cl)n2C)cc1. The summed E-state index contributed by atoms with van der Waals surface area (Å²) >= 11 is 7.66. The molecule has 0 bridgehead atoms. The molecule has 0 spiro atoms. The summed E-state index contributed by atoms with van der Waals surface area (Å²) in [5.41, 5.74) is 2.76. The van der Waals surface area contributed by atoms with E-state index >= 15 is 0 Å². The highest BCUT2D eigenvalue weighted by molar-refractivity contribution is 8.00. The number of carbonyl (C=O) groups is 1. The largest absolute Gasteiger partial charge is 0.305 e. The van der Waals surface area contributed by atoms with Crippen LogP contribution in [0.3, 0.4) is 0 Å². The predicted octanol–water partition coefficient (Wildman–Crippen LogP) is 5.06. The Hall–Kier alpha value is -2.11. The molecule has 0 saturated heterocycles. The van der Waals surface area contributed by atoms with E-state index in [4.69, 9.17) is 11.6 Å². The molecule has 0 aliphatic heterocycles. The minimum absolute atomic E-state index is 0.0833. The van der Waals surface area contributed by atoms with Crippen LogP contribution in [0.25, 0.3) is 11.4 Å². The van der Waals surface area contributed by atoms with Gasteiger partial charge in [-0.1, -0.05) is 66.7 Å². The van der Waals surface area contributed by atoms with Crippen LogP contribution in [0.4, 0.5) is 0 Å². The maximum absolute atomic E-state index is 12.7. The number of aromatic nitrogens is 3. The summed E-state index contributed by atoms with van der Waals surface area (Å²) in [6, 6.07) is 15.3. The first-order valence-corrected chi connectivity index (χ1v) is 9.71. The van der Waals surface area contributed by atoms with E-state index in [2.05, 4.69) is 17.1 Å². The first-order chi connectivity index (χ1) is 12.5. The zero-order valence-corrected chi connectivity index (χ0v) is 16.5. The van der Waals surface area contributed by atoms with Gasteiger partial charge in [-0.05, 0) is 31.0 Å². The highest BCUT2D eigenvalue weighted by Crippen LogP contribution is 2.30. The van der Waals surface area contributed by atoms with E-state index in [-0.39, 0.29) is 11.0 Å². The molecule has 0 N–H and O–H groups in total. The quantitative estimate of drug-likeness (QED) is 0.439. The Bertz CT molecular complexity index is 921. The Labute approximate surface area is 162 Å². The minimum Gasteiger partial charge on any atom is -0.305 e. The van der Waals surface area contributed by atoms with Gasteiger partial charge in [-0.15, -0.1) is 10.2 Å². The fourth-order valence-corrected chi connectivity index (χ4v) is 3.76. The van der Waals surface area contributed by atoms with Gasteiger partial charge in [0, 0.05) is 18.2 Å². The molecule has 0 saturated carbocycles. The topological polar surface area (TPSA) is 47.8 Å². The number of benzene rings is 2. The van der Waals surface area contributed by atoms with E-state index in [0.29, 0.717) is 16.0 Å². The first-order valence-electron chi connectivity index (χ1n) is 8.45. The van der Waals surface area contributed by atoms with Gasteiger partial charge in [-0.3, -0.25) is 4.79 Å². The number of rotatable bonds is 6. The summed E-state index contributed by atoms with van der Waals surface area (Å²) in [7, 11) is 1.88. The lowest BCUT2D eigenvalue weighted by Crippen LogP contribution is -2.14. The van der Waals surface area contributed by atoms with Crippen LogP contribution in [0.2, 0.25) is 5.02 Å². The van der Waals surface area contributed by atoms with E-state index < -0.39 is 0 Å². The summed E-state index contributed by atoms with van der Waals surface area (Å²) in [6.07, 6.45) is 0.961. The van der Waals surface area contributed by atoms with E-state index in [0.717, 1.165) is 17.5 Å². The molecule has 2 aromatic carbocycles. The maximum atomic E-state index is 12.7. The number of nitrogens with zero attached hydrogens (tertiary/aromatic N) is 3. The second kappa shape index (κ2) is 8.06. The average molecular weight is 386 g/mol. The van der Waals surface area contributed by atoms with Crippen LogP contribution < -0.4 is 0 Å². The molecule has 0 amide bonds. The summed E-state index contributed by atoms with van der Waals surface area (Å²) in [4.78, 5) is 12.7. The van der Waals surface area contributed by atoms with Crippen molar-refractivity contribution in [3.05, 3.63) is 64.7 Å². The third-order valence-corrected chi connectivity index (χ3v) is 5.71. The lowest BCUT2D eigenvalue weighted by Gasteiger charge is -2.11. The molecule has 3 rings (SSSR count). The van der Waals surface area contributed by atoms with Crippen LogP contribution in [0, 0.1) is 0 Å². The Morgan fingerprint density at radius 2 is 1.85 bits per heavy atom. The molecule has 0 aliphatic carbocycles. The van der Waals surface area contributed by atoms with E-state index in [1.165, 1.54) is 17.3 Å². The van der Waals surface area contributed by atoms with E-state index in [9.17, 15) is 4.79 Å². The van der Waals surface area contributed by atoms with Crippen molar-refractivity contribution in [3.8, 4) is 11.4 Å². The lowest BCUT2D eigenvalue weighted by molar-refractivity contribution is 0.0994. The van der Waals surface area contributed by atoms with Crippen LogP contribution in [0.5, 0.6) is 0 Å². The van der Waals surface area contributed by atoms with Crippen molar-refractivity contribution in [1.82, 2.24) is 14.8 Å². The number of carbonyl (C=O) groups excluding carboxylic acids is 1. The number of hydrogen-bond acceptors (Lipinski definition) is 4. The summed E-state index contributed by atoms with van der Waals surface area (Å²) < 4.78 is 1.87. The number of Topliss-reactive ketones (excluding diaryl/α,β-unsaturated/α-hetero) is 1. The zero-order valence-electron chi connectivity index (χ0n) is 14.9. The van der Waals surface area contributed by atoms with Gasteiger partial charge in [-0.25, -0.2) is 0 Å². The van der Waals surface area contributed by atoms with Crippen LogP contribution in [0.1, 0.15) is 29.8 Å². The van der Waals surface area contributed by atoms with E-state index in [1.807, 2.05) is 67.1 Å². The van der Waals surface area contributed by atoms with Crippen LogP contribution in [0.15, 0.2) is 53.7 Å². The molecule has 134 valence electrons. The maximum Gasteiger partial charge on any atom is 0.191 e. The molecule has 3 aromatic rings. The second-order valence-electron chi connectivity index (χ2n) is 6.02. The number of ketones is 1. The molecule has 1 heterocycles. The summed E-state index contributed by atoms with van der Waals surface area (Å²) in [5.74, 6) is 0.769. The van der Waals surface area contributed by atoms with Crippen molar-refractivity contribution in [3.63, 3.8) is 0 Å². The van der Waals surface area contributed by atoms with Gasteiger partial charge in [0.1, 0.15) is 0 Å². The summed E-state index contributed by atoms with van der Waals surface area (Å²) in [6.45, 7) is 3.99. The van der Waals surface area contributed by atoms with Crippen LogP contribution in [-0.4, -0.2) is 25.8 Å². The molecule has 6 heteroatoms. The third kappa shape index (κ3) is 3.84. The highest BCUT2D eigenvalue weighted by atomic mass is 35.5. The molecule has 1 unspecified atom stereocenters. The van der Waals surface area contributed by atoms with Gasteiger partial charge in [0.2, 0.25) is 0 Å². The van der Waals surface area contributed by atoms with Gasteiger partial charge >= 0.3 is 0 Å². The fourth-order valence-electron chi connectivity index (χ4n) is 2.65. The number of hydrogen-bond donors (Lipinski definition) is 0. The smallest absolute Gasteiger partial charge is 0.191 e. The van der Waals surface area contributed by atoms with Crippen LogP contribution >= 0.6 is 23.4 Å². The van der Waals surface area contributed by atoms with Crippen molar-refractivity contribution in [1.29, 1.82) is 0 Å². The Morgan fingerprint density at radius 3 is 2.50 bits per heavy atom. The van der Waals surface area contributed by atoms with Gasteiger partial charge in [0.25, 0.3) is 0 Å². The molecule has 0 aliphatic rings. The second-order valence-corrected chi connectivity index (χ2v) is 7.74. The normalized spacial score (nSPS) is 12.2. The van der Waals surface area contributed by atoms with Gasteiger partial charge in [-0.2, -0.15) is 0 Å². The molecule has 0 fully saturated rings. The lowest BCUT2D eigenvalue weighted by atomic mass is 10.1. The number of aryl methyl sites for hydroxylation is 1. The van der Waals surface area contributed by atoms with Crippen molar-refractivity contribution < 1.29 is 4.79 Å². The Morgan fingerprint density at radius 1 is 1.15 bits per heavy atom. The molecular weight excluding hydrogens is 366 g/mol. The number of thioether (sulfide) groups is 1. The minimum atomic E-state index is -0.260. The fraction of sp³-hybridized carbons (Fsp3) is 0.250. The van der Waals surface area contributed by atoms with Crippen molar-refractivity contribution in [2.45, 2.75) is 30.7 Å². The third-order valence-electron chi connectivity index (χ3n) is 4.25. The molecule has 1 aromatic heterocycles. The molecule has 0 radical (unpaired) electrons. The van der Waals surface area contributed by atoms with Gasteiger partial charge in [0.15, 0.2) is 16.8 Å². The zero-order chi connectivity index (χ0) is 18.7. The van der Waals surface area contributed by atoms with E-state index in [1.54, 1.807) is 0 Å². The molecular formula is C20H20ClN3OS. The predicted molar refractivity (Wildman–Crippen MR) is 107 cm³/mol. The highest BCUT2D eigenvalue weighted by Gasteiger charge is 2.21. The monoisotopic (exact) mass is 385 g/mol. The Kier molecular flexibility index (Phi) is 5.79. The van der Waals surface area contributed by atoms with Gasteiger partial charge < -0.3 is 4.57 Å². The summed E-state index contributed by atoms with van der Waals surface area (Å²) in [5, 5.41) is 9.54. The average Bonchev–Trinajstić information content (AvgIpc) is 3.02. The standard InChI is InChI=1S/C20H20ClN3OS/c1-4-14-9-11-15(12-10-14)18(25)13(2)26-20-23-22-19(24(20)3)16-7-5-6-8-17(16)21/h5-13H,4H2,1-3H3. The first kappa shape index (κ1) is 18.7. The van der Waals surface area contributed by atoms with Crippen molar-refractivity contribution >= 4 is 29.1 Å². The van der Waals surface area contributed by atoms with Crippen LogP contribution in [-0.2, 0) is 13.5 Å². The Balaban J connectivity index is 1.78. The van der Waals surface area contributed by atoms with Crippen molar-refractivity contribution in [2.75, 3.05) is 0 Å². The number of halogens is 1. The molecule has 4 nitrogen and oxygen atoms in total. The van der Waals surface area contributed by atoms with Crippen molar-refractivity contribution in [2.24, 2.45) is 7.05 Å².